The Kier molecular flexibility index (Phi) is 4.45. The van der Waals surface area contributed by atoms with Crippen LogP contribution in [-0.2, 0) is 6.18 Å². The Morgan fingerprint density at radius 3 is 2.60 bits per heavy atom. The minimum Gasteiger partial charge on any atom is -0.306 e. The number of rotatable bonds is 3. The van der Waals surface area contributed by atoms with Crippen molar-refractivity contribution in [1.29, 1.82) is 0 Å². The van der Waals surface area contributed by atoms with Crippen LogP contribution in [0.1, 0.15) is 16.1 Å². The fourth-order valence-electron chi connectivity index (χ4n) is 2.21. The second-order valence-corrected chi connectivity index (χ2v) is 5.40. The molecule has 128 valence electrons. The number of anilines is 1. The van der Waals surface area contributed by atoms with E-state index in [1.807, 2.05) is 0 Å². The Morgan fingerprint density at radius 2 is 1.96 bits per heavy atom. The summed E-state index contributed by atoms with van der Waals surface area (Å²) >= 11 is 5.83. The molecule has 5 nitrogen and oxygen atoms in total. The van der Waals surface area contributed by atoms with Crippen molar-refractivity contribution < 1.29 is 18.0 Å². The Labute approximate surface area is 145 Å². The SMILES string of the molecule is O=C(Nc1ccccn1)c1cnn(-c2cccc(Cl)c2)c1C(F)(F)F. The second kappa shape index (κ2) is 6.56. The van der Waals surface area contributed by atoms with Gasteiger partial charge in [-0.2, -0.15) is 18.3 Å². The van der Waals surface area contributed by atoms with Crippen molar-refractivity contribution in [2.45, 2.75) is 6.18 Å². The molecule has 3 rings (SSSR count). The fourth-order valence-corrected chi connectivity index (χ4v) is 2.40. The zero-order valence-electron chi connectivity index (χ0n) is 12.5. The lowest BCUT2D eigenvalue weighted by molar-refractivity contribution is -0.143. The lowest BCUT2D eigenvalue weighted by atomic mass is 10.2. The Bertz CT molecular complexity index is 909. The van der Waals surface area contributed by atoms with Crippen LogP contribution in [0, 0.1) is 0 Å². The number of nitrogens with zero attached hydrogens (tertiary/aromatic N) is 3. The van der Waals surface area contributed by atoms with Gasteiger partial charge in [-0.15, -0.1) is 0 Å². The van der Waals surface area contributed by atoms with Gasteiger partial charge in [0, 0.05) is 11.2 Å². The maximum atomic E-state index is 13.5. The maximum absolute atomic E-state index is 13.5. The van der Waals surface area contributed by atoms with Gasteiger partial charge in [-0.1, -0.05) is 23.7 Å². The van der Waals surface area contributed by atoms with Crippen LogP contribution in [0.2, 0.25) is 5.02 Å². The molecule has 0 radical (unpaired) electrons. The van der Waals surface area contributed by atoms with Crippen molar-refractivity contribution in [3.05, 3.63) is 71.1 Å². The standard InChI is InChI=1S/C16H10ClF3N4O/c17-10-4-3-5-11(8-10)24-14(16(18,19)20)12(9-22-24)15(25)23-13-6-1-2-7-21-13/h1-9H,(H,21,23,25). The first-order chi connectivity index (χ1) is 11.9. The summed E-state index contributed by atoms with van der Waals surface area (Å²) in [7, 11) is 0. The van der Waals surface area contributed by atoms with Gasteiger partial charge in [-0.25, -0.2) is 9.67 Å². The number of nitrogens with one attached hydrogen (secondary N) is 1. The van der Waals surface area contributed by atoms with Crippen molar-refractivity contribution in [3.63, 3.8) is 0 Å². The summed E-state index contributed by atoms with van der Waals surface area (Å²) in [5, 5.41) is 6.28. The predicted molar refractivity (Wildman–Crippen MR) is 85.8 cm³/mol. The minimum absolute atomic E-state index is 0.0942. The number of carbonyl (C=O) groups excluding carboxylic acids is 1. The highest BCUT2D eigenvalue weighted by molar-refractivity contribution is 6.30. The molecule has 1 N–H and O–H groups in total. The largest absolute Gasteiger partial charge is 0.434 e. The van der Waals surface area contributed by atoms with E-state index < -0.39 is 23.3 Å². The molecule has 25 heavy (non-hydrogen) atoms. The van der Waals surface area contributed by atoms with E-state index in [1.165, 1.54) is 36.5 Å². The third-order valence-electron chi connectivity index (χ3n) is 3.24. The van der Waals surface area contributed by atoms with Crippen LogP contribution in [0.25, 0.3) is 5.69 Å². The van der Waals surface area contributed by atoms with Crippen LogP contribution in [0.5, 0.6) is 0 Å². The van der Waals surface area contributed by atoms with Crippen molar-refractivity contribution in [2.75, 3.05) is 5.32 Å². The zero-order chi connectivity index (χ0) is 18.0. The number of pyridine rings is 1. The molecule has 0 aliphatic rings. The lowest BCUT2D eigenvalue weighted by Crippen LogP contribution is -2.21. The lowest BCUT2D eigenvalue weighted by Gasteiger charge is -2.13. The molecular formula is C16H10ClF3N4O. The Hall–Kier alpha value is -2.87. The van der Waals surface area contributed by atoms with Gasteiger partial charge in [0.15, 0.2) is 5.69 Å². The molecular weight excluding hydrogens is 357 g/mol. The van der Waals surface area contributed by atoms with Gasteiger partial charge < -0.3 is 5.32 Å². The van der Waals surface area contributed by atoms with Crippen LogP contribution in [0.3, 0.4) is 0 Å². The molecule has 0 aliphatic carbocycles. The average Bonchev–Trinajstić information content (AvgIpc) is 3.01. The van der Waals surface area contributed by atoms with E-state index in [4.69, 9.17) is 11.6 Å². The third-order valence-corrected chi connectivity index (χ3v) is 3.48. The molecule has 1 aromatic carbocycles. The molecule has 0 saturated heterocycles. The van der Waals surface area contributed by atoms with Gasteiger partial charge in [0.05, 0.1) is 17.4 Å². The summed E-state index contributed by atoms with van der Waals surface area (Å²) in [6.07, 6.45) is -2.52. The highest BCUT2D eigenvalue weighted by Gasteiger charge is 2.40. The summed E-state index contributed by atoms with van der Waals surface area (Å²) in [6.45, 7) is 0. The van der Waals surface area contributed by atoms with E-state index in [0.29, 0.717) is 4.68 Å². The van der Waals surface area contributed by atoms with Gasteiger partial charge in [0.2, 0.25) is 0 Å². The summed E-state index contributed by atoms with van der Waals surface area (Å²) in [6, 6.07) is 10.4. The molecule has 0 saturated carbocycles. The van der Waals surface area contributed by atoms with Crippen molar-refractivity contribution >= 4 is 23.3 Å². The summed E-state index contributed by atoms with van der Waals surface area (Å²) in [5.74, 6) is -0.824. The highest BCUT2D eigenvalue weighted by Crippen LogP contribution is 2.34. The zero-order valence-corrected chi connectivity index (χ0v) is 13.2. The molecule has 0 unspecified atom stereocenters. The van der Waals surface area contributed by atoms with Gasteiger partial charge in [-0.3, -0.25) is 4.79 Å². The van der Waals surface area contributed by atoms with E-state index in [-0.39, 0.29) is 16.5 Å². The number of carbonyl (C=O) groups is 1. The summed E-state index contributed by atoms with van der Waals surface area (Å²) in [4.78, 5) is 16.1. The molecule has 1 amide bonds. The topological polar surface area (TPSA) is 59.8 Å². The van der Waals surface area contributed by atoms with E-state index in [1.54, 1.807) is 12.1 Å². The smallest absolute Gasteiger partial charge is 0.306 e. The molecule has 2 aromatic heterocycles. The number of amides is 1. The average molecular weight is 367 g/mol. The molecule has 0 bridgehead atoms. The Morgan fingerprint density at radius 1 is 1.16 bits per heavy atom. The summed E-state index contributed by atoms with van der Waals surface area (Å²) < 4.78 is 41.3. The number of alkyl halides is 3. The Balaban J connectivity index is 2.04. The van der Waals surface area contributed by atoms with Gasteiger partial charge >= 0.3 is 6.18 Å². The molecule has 3 aromatic rings. The van der Waals surface area contributed by atoms with Gasteiger partial charge in [0.1, 0.15) is 5.82 Å². The van der Waals surface area contributed by atoms with Crippen molar-refractivity contribution in [1.82, 2.24) is 14.8 Å². The van der Waals surface area contributed by atoms with Gasteiger partial charge in [0.25, 0.3) is 5.91 Å². The first-order valence-corrected chi connectivity index (χ1v) is 7.37. The fraction of sp³-hybridized carbons (Fsp3) is 0.0625. The number of hydrogen-bond donors (Lipinski definition) is 1. The molecule has 0 atom stereocenters. The maximum Gasteiger partial charge on any atom is 0.434 e. The van der Waals surface area contributed by atoms with Crippen LogP contribution in [0.15, 0.2) is 54.9 Å². The summed E-state index contributed by atoms with van der Waals surface area (Å²) in [5.41, 5.74) is -1.71. The number of halogens is 4. The van der Waals surface area contributed by atoms with Crippen LogP contribution in [-0.4, -0.2) is 20.7 Å². The number of hydrogen-bond acceptors (Lipinski definition) is 3. The minimum atomic E-state index is -4.80. The van der Waals surface area contributed by atoms with Gasteiger partial charge in [-0.05, 0) is 30.3 Å². The number of benzene rings is 1. The number of aromatic nitrogens is 3. The van der Waals surface area contributed by atoms with Crippen LogP contribution in [0.4, 0.5) is 19.0 Å². The molecule has 0 aliphatic heterocycles. The van der Waals surface area contributed by atoms with Crippen molar-refractivity contribution in [3.8, 4) is 5.69 Å². The van der Waals surface area contributed by atoms with E-state index >= 15 is 0 Å². The van der Waals surface area contributed by atoms with Crippen LogP contribution >= 0.6 is 11.6 Å². The normalized spacial score (nSPS) is 11.4. The molecule has 0 fully saturated rings. The second-order valence-electron chi connectivity index (χ2n) is 4.97. The van der Waals surface area contributed by atoms with E-state index in [9.17, 15) is 18.0 Å². The third kappa shape index (κ3) is 3.63. The first-order valence-electron chi connectivity index (χ1n) is 7.00. The molecule has 2 heterocycles. The first kappa shape index (κ1) is 17.0. The monoisotopic (exact) mass is 366 g/mol. The predicted octanol–water partition coefficient (Wildman–Crippen LogP) is 4.19. The quantitative estimate of drug-likeness (QED) is 0.756. The van der Waals surface area contributed by atoms with Crippen LogP contribution < -0.4 is 5.32 Å². The van der Waals surface area contributed by atoms with Crippen molar-refractivity contribution in [2.24, 2.45) is 0 Å². The molecule has 9 heteroatoms. The highest BCUT2D eigenvalue weighted by atomic mass is 35.5. The van der Waals surface area contributed by atoms with E-state index in [2.05, 4.69) is 15.4 Å². The molecule has 0 spiro atoms. The van der Waals surface area contributed by atoms with E-state index in [0.717, 1.165) is 6.20 Å².